The van der Waals surface area contributed by atoms with Crippen molar-refractivity contribution in [1.82, 2.24) is 0 Å². The van der Waals surface area contributed by atoms with Crippen LogP contribution in [0.4, 0.5) is 5.69 Å². The Balaban J connectivity index is 2.12. The Morgan fingerprint density at radius 3 is 2.11 bits per heavy atom. The minimum absolute atomic E-state index is 0.0979. The molecular formula is C20H21NO6. The molecule has 0 aliphatic rings. The number of ketones is 1. The van der Waals surface area contributed by atoms with E-state index >= 15 is 0 Å². The van der Waals surface area contributed by atoms with Gasteiger partial charge in [-0.05, 0) is 38.1 Å². The van der Waals surface area contributed by atoms with Crippen LogP contribution in [0.3, 0.4) is 0 Å². The molecule has 0 aliphatic carbocycles. The van der Waals surface area contributed by atoms with Gasteiger partial charge in [-0.1, -0.05) is 18.2 Å². The summed E-state index contributed by atoms with van der Waals surface area (Å²) in [6.07, 6.45) is -1.08. The van der Waals surface area contributed by atoms with Crippen LogP contribution in [-0.4, -0.2) is 38.0 Å². The number of methoxy groups -OCH3 is 2. The van der Waals surface area contributed by atoms with Gasteiger partial charge < -0.3 is 19.5 Å². The predicted molar refractivity (Wildman–Crippen MR) is 99.5 cm³/mol. The number of ether oxygens (including phenoxy) is 3. The van der Waals surface area contributed by atoms with E-state index in [0.29, 0.717) is 11.3 Å². The van der Waals surface area contributed by atoms with Gasteiger partial charge in [-0.3, -0.25) is 9.59 Å². The number of nitrogens with one attached hydrogen (secondary N) is 1. The molecule has 0 bridgehead atoms. The lowest BCUT2D eigenvalue weighted by Crippen LogP contribution is -2.30. The summed E-state index contributed by atoms with van der Waals surface area (Å²) >= 11 is 0. The summed E-state index contributed by atoms with van der Waals surface area (Å²) in [6, 6.07) is 11.4. The number of esters is 1. The van der Waals surface area contributed by atoms with Crippen molar-refractivity contribution in [3.05, 3.63) is 53.6 Å². The summed E-state index contributed by atoms with van der Waals surface area (Å²) in [5, 5.41) is 2.62. The van der Waals surface area contributed by atoms with Gasteiger partial charge in [0.1, 0.15) is 17.1 Å². The minimum atomic E-state index is -1.08. The largest absolute Gasteiger partial charge is 0.496 e. The van der Waals surface area contributed by atoms with Crippen molar-refractivity contribution in [3.63, 3.8) is 0 Å². The highest BCUT2D eigenvalue weighted by atomic mass is 16.6. The van der Waals surface area contributed by atoms with Crippen molar-refractivity contribution in [3.8, 4) is 11.5 Å². The highest BCUT2D eigenvalue weighted by Crippen LogP contribution is 2.29. The molecule has 0 spiro atoms. The number of hydrogen-bond donors (Lipinski definition) is 1. The normalized spacial score (nSPS) is 11.3. The second-order valence-corrected chi connectivity index (χ2v) is 5.71. The maximum absolute atomic E-state index is 12.5. The fourth-order valence-corrected chi connectivity index (χ4v) is 2.39. The Bertz CT molecular complexity index is 839. The van der Waals surface area contributed by atoms with Gasteiger partial charge in [0, 0.05) is 11.3 Å². The third kappa shape index (κ3) is 4.84. The van der Waals surface area contributed by atoms with Gasteiger partial charge in [-0.25, -0.2) is 4.79 Å². The van der Waals surface area contributed by atoms with E-state index in [4.69, 9.17) is 14.2 Å². The number of Topliss-reactive ketones (excluding diaryl/α,β-unsaturated/α-hetero) is 1. The average molecular weight is 371 g/mol. The molecule has 1 N–H and O–H groups in total. The number of rotatable bonds is 7. The van der Waals surface area contributed by atoms with Crippen molar-refractivity contribution in [2.24, 2.45) is 0 Å². The third-order valence-corrected chi connectivity index (χ3v) is 3.82. The van der Waals surface area contributed by atoms with E-state index in [2.05, 4.69) is 5.32 Å². The highest BCUT2D eigenvalue weighted by molar-refractivity contribution is 6.01. The molecule has 0 heterocycles. The van der Waals surface area contributed by atoms with Crippen LogP contribution in [0, 0.1) is 0 Å². The average Bonchev–Trinajstić information content (AvgIpc) is 2.67. The first kappa shape index (κ1) is 20.0. The Morgan fingerprint density at radius 1 is 0.963 bits per heavy atom. The first-order valence-corrected chi connectivity index (χ1v) is 8.21. The molecule has 0 unspecified atom stereocenters. The fourth-order valence-electron chi connectivity index (χ4n) is 2.39. The topological polar surface area (TPSA) is 90.9 Å². The molecule has 2 aromatic carbocycles. The Kier molecular flexibility index (Phi) is 6.54. The second-order valence-electron chi connectivity index (χ2n) is 5.71. The van der Waals surface area contributed by atoms with E-state index in [0.717, 1.165) is 0 Å². The maximum Gasteiger partial charge on any atom is 0.346 e. The number of hydrogen-bond acceptors (Lipinski definition) is 6. The minimum Gasteiger partial charge on any atom is -0.496 e. The van der Waals surface area contributed by atoms with Crippen molar-refractivity contribution in [2.75, 3.05) is 19.5 Å². The lowest BCUT2D eigenvalue weighted by Gasteiger charge is -2.16. The lowest BCUT2D eigenvalue weighted by atomic mass is 10.1. The monoisotopic (exact) mass is 371 g/mol. The zero-order valence-electron chi connectivity index (χ0n) is 15.6. The predicted octanol–water partition coefficient (Wildman–Crippen LogP) is 3.09. The summed E-state index contributed by atoms with van der Waals surface area (Å²) in [6.45, 7) is 2.88. The highest BCUT2D eigenvalue weighted by Gasteiger charge is 2.24. The van der Waals surface area contributed by atoms with Crippen LogP contribution in [-0.2, 0) is 9.53 Å². The molecule has 0 saturated carbocycles. The molecule has 7 nitrogen and oxygen atoms in total. The molecule has 0 aromatic heterocycles. The Hall–Kier alpha value is -3.35. The molecule has 7 heteroatoms. The first-order valence-electron chi connectivity index (χ1n) is 8.21. The van der Waals surface area contributed by atoms with Gasteiger partial charge in [0.15, 0.2) is 11.9 Å². The summed E-state index contributed by atoms with van der Waals surface area (Å²) in [5.74, 6) is -0.835. The SMILES string of the molecule is COc1cccc(OC)c1C(=O)O[C@H](C)C(=O)Nc1cccc(C(C)=O)c1. The molecule has 2 rings (SSSR count). The molecule has 0 radical (unpaired) electrons. The van der Waals surface area contributed by atoms with Crippen LogP contribution in [0.15, 0.2) is 42.5 Å². The number of carbonyl (C=O) groups is 3. The molecule has 2 aromatic rings. The van der Waals surface area contributed by atoms with Gasteiger partial charge in [-0.15, -0.1) is 0 Å². The van der Waals surface area contributed by atoms with Gasteiger partial charge in [-0.2, -0.15) is 0 Å². The van der Waals surface area contributed by atoms with Crippen molar-refractivity contribution >= 4 is 23.3 Å². The van der Waals surface area contributed by atoms with Crippen LogP contribution in [0.25, 0.3) is 0 Å². The zero-order valence-corrected chi connectivity index (χ0v) is 15.6. The summed E-state index contributed by atoms with van der Waals surface area (Å²) in [5.41, 5.74) is 1.00. The van der Waals surface area contributed by atoms with Gasteiger partial charge in [0.25, 0.3) is 5.91 Å². The molecule has 0 saturated heterocycles. The molecule has 142 valence electrons. The van der Waals surface area contributed by atoms with Crippen LogP contribution < -0.4 is 14.8 Å². The van der Waals surface area contributed by atoms with Gasteiger partial charge in [0.2, 0.25) is 0 Å². The van der Waals surface area contributed by atoms with Crippen LogP contribution >= 0.6 is 0 Å². The lowest BCUT2D eigenvalue weighted by molar-refractivity contribution is -0.123. The van der Waals surface area contributed by atoms with Crippen molar-refractivity contribution in [2.45, 2.75) is 20.0 Å². The summed E-state index contributed by atoms with van der Waals surface area (Å²) < 4.78 is 15.6. The molecular weight excluding hydrogens is 350 g/mol. The maximum atomic E-state index is 12.5. The molecule has 1 atom stereocenters. The molecule has 27 heavy (non-hydrogen) atoms. The van der Waals surface area contributed by atoms with Crippen LogP contribution in [0.1, 0.15) is 34.6 Å². The molecule has 1 amide bonds. The van der Waals surface area contributed by atoms with E-state index in [1.54, 1.807) is 42.5 Å². The number of benzene rings is 2. The number of amides is 1. The van der Waals surface area contributed by atoms with E-state index in [1.807, 2.05) is 0 Å². The third-order valence-electron chi connectivity index (χ3n) is 3.82. The van der Waals surface area contributed by atoms with Crippen LogP contribution in [0.2, 0.25) is 0 Å². The van der Waals surface area contributed by atoms with Crippen LogP contribution in [0.5, 0.6) is 11.5 Å². The number of carbonyl (C=O) groups excluding carboxylic acids is 3. The quantitative estimate of drug-likeness (QED) is 0.594. The van der Waals surface area contributed by atoms with E-state index in [1.165, 1.54) is 28.1 Å². The smallest absolute Gasteiger partial charge is 0.346 e. The standard InChI is InChI=1S/C20H21NO6/c1-12(22)14-7-5-8-15(11-14)21-19(23)13(2)27-20(24)18-16(25-3)9-6-10-17(18)26-4/h5-11,13H,1-4H3,(H,21,23)/t13-/m1/s1. The second kappa shape index (κ2) is 8.84. The number of anilines is 1. The fraction of sp³-hybridized carbons (Fsp3) is 0.250. The van der Waals surface area contributed by atoms with E-state index in [9.17, 15) is 14.4 Å². The van der Waals surface area contributed by atoms with Gasteiger partial charge >= 0.3 is 5.97 Å². The van der Waals surface area contributed by atoms with Crippen molar-refractivity contribution in [1.29, 1.82) is 0 Å². The molecule has 0 aliphatic heterocycles. The summed E-state index contributed by atoms with van der Waals surface area (Å²) in [7, 11) is 2.84. The first-order chi connectivity index (χ1) is 12.9. The van der Waals surface area contributed by atoms with E-state index < -0.39 is 18.0 Å². The Morgan fingerprint density at radius 2 is 1.56 bits per heavy atom. The Labute approximate surface area is 157 Å². The summed E-state index contributed by atoms with van der Waals surface area (Å²) in [4.78, 5) is 36.3. The van der Waals surface area contributed by atoms with Crippen molar-refractivity contribution < 1.29 is 28.6 Å². The zero-order chi connectivity index (χ0) is 20.0. The van der Waals surface area contributed by atoms with E-state index in [-0.39, 0.29) is 22.8 Å². The van der Waals surface area contributed by atoms with Gasteiger partial charge in [0.05, 0.1) is 14.2 Å². The molecule has 0 fully saturated rings.